The highest BCUT2D eigenvalue weighted by atomic mass is 16.3. The van der Waals surface area contributed by atoms with Crippen molar-refractivity contribution in [1.82, 2.24) is 4.90 Å². The van der Waals surface area contributed by atoms with Crippen LogP contribution in [0.1, 0.15) is 33.1 Å². The summed E-state index contributed by atoms with van der Waals surface area (Å²) < 4.78 is 0. The van der Waals surface area contributed by atoms with Gasteiger partial charge in [-0.15, -0.1) is 0 Å². The van der Waals surface area contributed by atoms with Gasteiger partial charge in [0.15, 0.2) is 0 Å². The molecule has 1 unspecified atom stereocenters. The maximum Gasteiger partial charge on any atom is 0.229 e. The minimum Gasteiger partial charge on any atom is -0.391 e. The van der Waals surface area contributed by atoms with E-state index in [-0.39, 0.29) is 24.3 Å². The molecule has 1 rings (SSSR count). The molecule has 1 saturated heterocycles. The van der Waals surface area contributed by atoms with Gasteiger partial charge < -0.3 is 5.11 Å². The molecule has 0 spiro atoms. The predicted molar refractivity (Wildman–Crippen MR) is 51.4 cm³/mol. The number of β-amino-alcohol motifs (C(OH)–C–C–N with tert-alkyl or cyclic N) is 1. The number of carbonyl (C=O) groups excluding carboxylic acids is 2. The largest absolute Gasteiger partial charge is 0.391 e. The van der Waals surface area contributed by atoms with Crippen LogP contribution in [-0.2, 0) is 9.59 Å². The van der Waals surface area contributed by atoms with Gasteiger partial charge in [0.25, 0.3) is 0 Å². The fourth-order valence-electron chi connectivity index (χ4n) is 1.40. The number of likely N-dealkylation sites (tertiary alicyclic amines) is 1. The van der Waals surface area contributed by atoms with Crippen LogP contribution in [0.4, 0.5) is 0 Å². The quantitative estimate of drug-likeness (QED) is 0.675. The smallest absolute Gasteiger partial charge is 0.229 e. The van der Waals surface area contributed by atoms with E-state index in [0.717, 1.165) is 0 Å². The number of nitrogens with zero attached hydrogens (tertiary/aromatic N) is 1. The van der Waals surface area contributed by atoms with E-state index >= 15 is 0 Å². The van der Waals surface area contributed by atoms with E-state index in [1.165, 1.54) is 4.90 Å². The number of amides is 2. The predicted octanol–water partition coefficient (Wildman–Crippen LogP) is 0.542. The lowest BCUT2D eigenvalue weighted by Crippen LogP contribution is -2.45. The Labute approximate surface area is 83.9 Å². The average molecular weight is 199 g/mol. The normalized spacial score (nSPS) is 20.4. The highest BCUT2D eigenvalue weighted by Crippen LogP contribution is 2.14. The molecule has 1 aliphatic heterocycles. The molecule has 1 N–H and O–H groups in total. The van der Waals surface area contributed by atoms with Crippen LogP contribution in [0.2, 0.25) is 0 Å². The van der Waals surface area contributed by atoms with Gasteiger partial charge in [-0.25, -0.2) is 0 Å². The molecule has 2 amide bonds. The maximum absolute atomic E-state index is 11.4. The summed E-state index contributed by atoms with van der Waals surface area (Å²) >= 11 is 0. The van der Waals surface area contributed by atoms with Crippen LogP contribution in [0.3, 0.4) is 0 Å². The van der Waals surface area contributed by atoms with E-state index in [2.05, 4.69) is 0 Å². The Bertz CT molecular complexity index is 222. The highest BCUT2D eigenvalue weighted by Gasteiger charge is 2.28. The molecule has 0 radical (unpaired) electrons. The molecule has 0 aromatic rings. The van der Waals surface area contributed by atoms with Crippen molar-refractivity contribution in [2.24, 2.45) is 5.92 Å². The molecule has 1 atom stereocenters. The number of aliphatic hydroxyl groups excluding tert-OH is 1. The molecule has 80 valence electrons. The van der Waals surface area contributed by atoms with Gasteiger partial charge in [-0.05, 0) is 12.3 Å². The van der Waals surface area contributed by atoms with Crippen molar-refractivity contribution in [3.63, 3.8) is 0 Å². The average Bonchev–Trinajstić information content (AvgIpc) is 2.11. The zero-order valence-corrected chi connectivity index (χ0v) is 8.69. The first-order valence-electron chi connectivity index (χ1n) is 5.03. The molecule has 1 heterocycles. The van der Waals surface area contributed by atoms with Crippen molar-refractivity contribution in [2.75, 3.05) is 6.54 Å². The van der Waals surface area contributed by atoms with Crippen molar-refractivity contribution in [2.45, 2.75) is 39.2 Å². The summed E-state index contributed by atoms with van der Waals surface area (Å²) in [6, 6.07) is 0. The molecule has 0 aromatic carbocycles. The molecule has 4 nitrogen and oxygen atoms in total. The van der Waals surface area contributed by atoms with Crippen molar-refractivity contribution in [3.05, 3.63) is 0 Å². The fourth-order valence-corrected chi connectivity index (χ4v) is 1.40. The van der Waals surface area contributed by atoms with Crippen LogP contribution < -0.4 is 0 Å². The molecule has 0 saturated carbocycles. The number of imide groups is 1. The lowest BCUT2D eigenvalue weighted by molar-refractivity contribution is -0.150. The SMILES string of the molecule is CC(C)C(O)CN1C(=O)CCCC1=O. The standard InChI is InChI=1S/C10H17NO3/c1-7(2)8(12)6-11-9(13)4-3-5-10(11)14/h7-8,12H,3-6H2,1-2H3. The Hall–Kier alpha value is -0.900. The third-order valence-electron chi connectivity index (χ3n) is 2.52. The van der Waals surface area contributed by atoms with Crippen molar-refractivity contribution in [3.8, 4) is 0 Å². The number of hydrogen-bond acceptors (Lipinski definition) is 3. The second kappa shape index (κ2) is 4.55. The summed E-state index contributed by atoms with van der Waals surface area (Å²) in [5.41, 5.74) is 0. The lowest BCUT2D eigenvalue weighted by Gasteiger charge is -2.28. The van der Waals surface area contributed by atoms with Crippen LogP contribution in [0.15, 0.2) is 0 Å². The van der Waals surface area contributed by atoms with E-state index in [4.69, 9.17) is 0 Å². The van der Waals surface area contributed by atoms with E-state index in [9.17, 15) is 14.7 Å². The minimum atomic E-state index is -0.610. The van der Waals surface area contributed by atoms with Gasteiger partial charge in [-0.1, -0.05) is 13.8 Å². The van der Waals surface area contributed by atoms with E-state index in [1.54, 1.807) is 0 Å². The van der Waals surface area contributed by atoms with Gasteiger partial charge in [-0.2, -0.15) is 0 Å². The number of aliphatic hydroxyl groups is 1. The van der Waals surface area contributed by atoms with Gasteiger partial charge in [0.1, 0.15) is 0 Å². The Kier molecular flexibility index (Phi) is 3.63. The fraction of sp³-hybridized carbons (Fsp3) is 0.800. The molecule has 4 heteroatoms. The van der Waals surface area contributed by atoms with E-state index < -0.39 is 6.10 Å². The Morgan fingerprint density at radius 1 is 1.29 bits per heavy atom. The third kappa shape index (κ3) is 2.54. The topological polar surface area (TPSA) is 57.6 Å². The number of carbonyl (C=O) groups is 2. The zero-order chi connectivity index (χ0) is 10.7. The summed E-state index contributed by atoms with van der Waals surface area (Å²) in [5.74, 6) is -0.237. The van der Waals surface area contributed by atoms with Crippen molar-refractivity contribution in [1.29, 1.82) is 0 Å². The van der Waals surface area contributed by atoms with Gasteiger partial charge in [0.05, 0.1) is 12.6 Å². The zero-order valence-electron chi connectivity index (χ0n) is 8.69. The number of piperidine rings is 1. The monoisotopic (exact) mass is 199 g/mol. The van der Waals surface area contributed by atoms with Crippen molar-refractivity contribution >= 4 is 11.8 Å². The highest BCUT2D eigenvalue weighted by molar-refractivity contribution is 5.97. The molecular formula is C10H17NO3. The lowest BCUT2D eigenvalue weighted by atomic mass is 10.0. The Balaban J connectivity index is 2.56. The molecule has 0 aromatic heterocycles. The van der Waals surface area contributed by atoms with Crippen LogP contribution >= 0.6 is 0 Å². The van der Waals surface area contributed by atoms with Gasteiger partial charge in [-0.3, -0.25) is 14.5 Å². The van der Waals surface area contributed by atoms with E-state index in [1.807, 2.05) is 13.8 Å². The van der Waals surface area contributed by atoms with Crippen LogP contribution in [0, 0.1) is 5.92 Å². The third-order valence-corrected chi connectivity index (χ3v) is 2.52. The number of rotatable bonds is 3. The summed E-state index contributed by atoms with van der Waals surface area (Å²) in [7, 11) is 0. The minimum absolute atomic E-state index is 0.0672. The molecular weight excluding hydrogens is 182 g/mol. The molecule has 0 aliphatic carbocycles. The summed E-state index contributed by atoms with van der Waals surface area (Å²) in [4.78, 5) is 23.9. The van der Waals surface area contributed by atoms with Gasteiger partial charge in [0, 0.05) is 12.8 Å². The van der Waals surface area contributed by atoms with Crippen LogP contribution in [0.5, 0.6) is 0 Å². The molecule has 14 heavy (non-hydrogen) atoms. The Morgan fingerprint density at radius 3 is 2.21 bits per heavy atom. The van der Waals surface area contributed by atoms with Crippen molar-refractivity contribution < 1.29 is 14.7 Å². The first kappa shape index (κ1) is 11.2. The van der Waals surface area contributed by atoms with Gasteiger partial charge >= 0.3 is 0 Å². The molecule has 0 bridgehead atoms. The molecule has 1 aliphatic rings. The van der Waals surface area contributed by atoms with Crippen LogP contribution in [0.25, 0.3) is 0 Å². The summed E-state index contributed by atoms with van der Waals surface area (Å²) in [6.07, 6.45) is 0.889. The molecule has 1 fully saturated rings. The number of hydrogen-bond donors (Lipinski definition) is 1. The Morgan fingerprint density at radius 2 is 1.79 bits per heavy atom. The van der Waals surface area contributed by atoms with Gasteiger partial charge in [0.2, 0.25) is 11.8 Å². The van der Waals surface area contributed by atoms with E-state index in [0.29, 0.717) is 19.3 Å². The first-order valence-corrected chi connectivity index (χ1v) is 5.03. The van der Waals surface area contributed by atoms with Crippen LogP contribution in [-0.4, -0.2) is 34.5 Å². The summed E-state index contributed by atoms with van der Waals surface area (Å²) in [5, 5.41) is 9.57. The second-order valence-corrected chi connectivity index (χ2v) is 4.06. The second-order valence-electron chi connectivity index (χ2n) is 4.06. The maximum atomic E-state index is 11.4. The first-order chi connectivity index (χ1) is 6.52. The summed E-state index contributed by atoms with van der Waals surface area (Å²) in [6.45, 7) is 3.88.